The Balaban J connectivity index is 5.11. The molecule has 0 rings (SSSR count). The molecule has 0 aromatic heterocycles. The zero-order chi connectivity index (χ0) is 13.7. The summed E-state index contributed by atoms with van der Waals surface area (Å²) in [6, 6.07) is 0. The summed E-state index contributed by atoms with van der Waals surface area (Å²) in [5, 5.41) is 20.5. The van der Waals surface area contributed by atoms with E-state index in [2.05, 4.69) is 0 Å². The SMILES string of the molecule is CCC(C)(COC)C(O)C(C)(COC)C(C)O. The zero-order valence-corrected chi connectivity index (χ0v) is 12.0. The third-order valence-corrected chi connectivity index (χ3v) is 3.98. The quantitative estimate of drug-likeness (QED) is 0.682. The van der Waals surface area contributed by atoms with Gasteiger partial charge in [-0.25, -0.2) is 0 Å². The molecule has 0 radical (unpaired) electrons. The Morgan fingerprint density at radius 2 is 1.53 bits per heavy atom. The highest BCUT2D eigenvalue weighted by Crippen LogP contribution is 2.39. The van der Waals surface area contributed by atoms with Crippen LogP contribution >= 0.6 is 0 Å². The van der Waals surface area contributed by atoms with Gasteiger partial charge in [0.05, 0.1) is 25.4 Å². The van der Waals surface area contributed by atoms with E-state index in [0.717, 1.165) is 6.42 Å². The molecule has 0 aromatic carbocycles. The van der Waals surface area contributed by atoms with E-state index in [4.69, 9.17) is 9.47 Å². The molecule has 0 spiro atoms. The fraction of sp³-hybridized carbons (Fsp3) is 1.00. The van der Waals surface area contributed by atoms with Crippen LogP contribution in [-0.2, 0) is 9.47 Å². The lowest BCUT2D eigenvalue weighted by atomic mass is 9.67. The summed E-state index contributed by atoms with van der Waals surface area (Å²) in [6.45, 7) is 8.28. The van der Waals surface area contributed by atoms with Crippen LogP contribution in [0.25, 0.3) is 0 Å². The largest absolute Gasteiger partial charge is 0.393 e. The molecule has 0 aromatic rings. The maximum atomic E-state index is 10.6. The normalized spacial score (nSPS) is 22.6. The van der Waals surface area contributed by atoms with Crippen molar-refractivity contribution in [3.05, 3.63) is 0 Å². The summed E-state index contributed by atoms with van der Waals surface area (Å²) >= 11 is 0. The van der Waals surface area contributed by atoms with E-state index >= 15 is 0 Å². The van der Waals surface area contributed by atoms with E-state index < -0.39 is 17.6 Å². The Morgan fingerprint density at radius 1 is 1.06 bits per heavy atom. The molecule has 0 saturated heterocycles. The first-order valence-corrected chi connectivity index (χ1v) is 6.12. The number of aliphatic hydroxyl groups excluding tert-OH is 2. The molecule has 104 valence electrons. The van der Waals surface area contributed by atoms with E-state index in [9.17, 15) is 10.2 Å². The number of rotatable bonds is 8. The van der Waals surface area contributed by atoms with Crippen LogP contribution in [0.4, 0.5) is 0 Å². The van der Waals surface area contributed by atoms with Gasteiger partial charge >= 0.3 is 0 Å². The monoisotopic (exact) mass is 248 g/mol. The Morgan fingerprint density at radius 3 is 1.82 bits per heavy atom. The minimum atomic E-state index is -0.696. The Labute approximate surface area is 105 Å². The van der Waals surface area contributed by atoms with Crippen molar-refractivity contribution >= 4 is 0 Å². The summed E-state index contributed by atoms with van der Waals surface area (Å²) in [5.74, 6) is 0. The average Bonchev–Trinajstić information content (AvgIpc) is 2.28. The molecule has 0 aliphatic rings. The van der Waals surface area contributed by atoms with Crippen molar-refractivity contribution in [1.82, 2.24) is 0 Å². The zero-order valence-electron chi connectivity index (χ0n) is 12.0. The molecule has 4 unspecified atom stereocenters. The van der Waals surface area contributed by atoms with Gasteiger partial charge in [0.2, 0.25) is 0 Å². The fourth-order valence-corrected chi connectivity index (χ4v) is 2.24. The van der Waals surface area contributed by atoms with E-state index in [1.165, 1.54) is 0 Å². The Hall–Kier alpha value is -0.160. The second kappa shape index (κ2) is 6.69. The number of hydrogen-bond acceptors (Lipinski definition) is 4. The van der Waals surface area contributed by atoms with Gasteiger partial charge in [-0.05, 0) is 13.3 Å². The minimum Gasteiger partial charge on any atom is -0.393 e. The highest BCUT2D eigenvalue weighted by Gasteiger charge is 2.47. The predicted molar refractivity (Wildman–Crippen MR) is 67.9 cm³/mol. The van der Waals surface area contributed by atoms with Crippen LogP contribution < -0.4 is 0 Å². The lowest BCUT2D eigenvalue weighted by Crippen LogP contribution is -2.53. The van der Waals surface area contributed by atoms with Crippen molar-refractivity contribution in [3.8, 4) is 0 Å². The Kier molecular flexibility index (Phi) is 6.62. The molecule has 4 atom stereocenters. The number of aliphatic hydroxyl groups is 2. The molecular formula is C13H28O4. The summed E-state index contributed by atoms with van der Waals surface area (Å²) < 4.78 is 10.3. The number of ether oxygens (including phenoxy) is 2. The van der Waals surface area contributed by atoms with Crippen molar-refractivity contribution in [1.29, 1.82) is 0 Å². The van der Waals surface area contributed by atoms with Gasteiger partial charge < -0.3 is 19.7 Å². The molecule has 0 amide bonds. The molecule has 0 aliphatic heterocycles. The summed E-state index contributed by atoms with van der Waals surface area (Å²) in [5.41, 5.74) is -1.09. The first-order chi connectivity index (χ1) is 7.78. The molecule has 0 heterocycles. The van der Waals surface area contributed by atoms with Crippen LogP contribution in [0.1, 0.15) is 34.1 Å². The smallest absolute Gasteiger partial charge is 0.0715 e. The highest BCUT2D eigenvalue weighted by molar-refractivity contribution is 4.96. The van der Waals surface area contributed by atoms with E-state index in [-0.39, 0.29) is 5.41 Å². The lowest BCUT2D eigenvalue weighted by molar-refractivity contribution is -0.150. The van der Waals surface area contributed by atoms with Crippen LogP contribution in [0.3, 0.4) is 0 Å². The first kappa shape index (κ1) is 16.8. The number of methoxy groups -OCH3 is 2. The van der Waals surface area contributed by atoms with Crippen LogP contribution in [0.2, 0.25) is 0 Å². The summed E-state index contributed by atoms with van der Waals surface area (Å²) in [4.78, 5) is 0. The molecular weight excluding hydrogens is 220 g/mol. The fourth-order valence-electron chi connectivity index (χ4n) is 2.24. The third kappa shape index (κ3) is 3.65. The molecule has 4 nitrogen and oxygen atoms in total. The molecule has 0 saturated carbocycles. The molecule has 0 bridgehead atoms. The maximum Gasteiger partial charge on any atom is 0.0715 e. The van der Waals surface area contributed by atoms with Gasteiger partial charge in [0, 0.05) is 25.0 Å². The predicted octanol–water partition coefficient (Wildman–Crippen LogP) is 1.44. The summed E-state index contributed by atoms with van der Waals surface area (Å²) in [6.07, 6.45) is -0.575. The second-order valence-corrected chi connectivity index (χ2v) is 5.46. The minimum absolute atomic E-state index is 0.311. The van der Waals surface area contributed by atoms with Crippen LogP contribution in [0, 0.1) is 10.8 Å². The van der Waals surface area contributed by atoms with Crippen LogP contribution in [-0.4, -0.2) is 49.9 Å². The van der Waals surface area contributed by atoms with Crippen LogP contribution in [0.5, 0.6) is 0 Å². The van der Waals surface area contributed by atoms with Gasteiger partial charge in [-0.1, -0.05) is 20.8 Å². The van der Waals surface area contributed by atoms with Crippen molar-refractivity contribution < 1.29 is 19.7 Å². The van der Waals surface area contributed by atoms with E-state index in [1.54, 1.807) is 21.1 Å². The van der Waals surface area contributed by atoms with Gasteiger partial charge in [0.1, 0.15) is 0 Å². The molecule has 0 fully saturated rings. The standard InChI is InChI=1S/C13H28O4/c1-7-12(3,8-16-5)11(15)13(4,9-17-6)10(2)14/h10-11,14-15H,7-9H2,1-6H3. The molecule has 17 heavy (non-hydrogen) atoms. The topological polar surface area (TPSA) is 58.9 Å². The maximum absolute atomic E-state index is 10.6. The van der Waals surface area contributed by atoms with Gasteiger partial charge in [-0.15, -0.1) is 0 Å². The highest BCUT2D eigenvalue weighted by atomic mass is 16.5. The van der Waals surface area contributed by atoms with E-state index in [0.29, 0.717) is 13.2 Å². The Bertz CT molecular complexity index is 219. The van der Waals surface area contributed by atoms with Gasteiger partial charge in [-0.3, -0.25) is 0 Å². The van der Waals surface area contributed by atoms with Crippen LogP contribution in [0.15, 0.2) is 0 Å². The second-order valence-electron chi connectivity index (χ2n) is 5.46. The molecule has 4 heteroatoms. The average molecular weight is 248 g/mol. The van der Waals surface area contributed by atoms with Crippen molar-refractivity contribution in [3.63, 3.8) is 0 Å². The third-order valence-electron chi connectivity index (χ3n) is 3.98. The first-order valence-electron chi connectivity index (χ1n) is 6.12. The molecule has 2 N–H and O–H groups in total. The van der Waals surface area contributed by atoms with Crippen molar-refractivity contribution in [2.75, 3.05) is 27.4 Å². The van der Waals surface area contributed by atoms with Gasteiger partial charge in [-0.2, -0.15) is 0 Å². The molecule has 0 aliphatic carbocycles. The summed E-state index contributed by atoms with van der Waals surface area (Å²) in [7, 11) is 3.20. The van der Waals surface area contributed by atoms with E-state index in [1.807, 2.05) is 20.8 Å². The van der Waals surface area contributed by atoms with Crippen molar-refractivity contribution in [2.24, 2.45) is 10.8 Å². The number of hydrogen-bond donors (Lipinski definition) is 2. The van der Waals surface area contributed by atoms with Crippen molar-refractivity contribution in [2.45, 2.75) is 46.3 Å². The van der Waals surface area contributed by atoms with Gasteiger partial charge in [0.25, 0.3) is 0 Å². The lowest BCUT2D eigenvalue weighted by Gasteiger charge is -2.45. The van der Waals surface area contributed by atoms with Gasteiger partial charge in [0.15, 0.2) is 0 Å².